The maximum Gasteiger partial charge on any atom is 0.576 e. The number of methoxy groups -OCH3 is 2. The van der Waals surface area contributed by atoms with Crippen molar-refractivity contribution in [1.29, 1.82) is 0 Å². The van der Waals surface area contributed by atoms with Crippen molar-refractivity contribution in [2.45, 2.75) is 0 Å². The molecule has 4 nitrogen and oxygen atoms in total. The van der Waals surface area contributed by atoms with Gasteiger partial charge >= 0.3 is 7.69 Å². The topological polar surface area (TPSA) is 36.9 Å². The summed E-state index contributed by atoms with van der Waals surface area (Å²) >= 11 is 0. The van der Waals surface area contributed by atoms with Crippen LogP contribution in [0.25, 0.3) is 0 Å². The van der Waals surface area contributed by atoms with Gasteiger partial charge < -0.3 is 18.8 Å². The van der Waals surface area contributed by atoms with Crippen molar-refractivity contribution in [2.24, 2.45) is 0 Å². The summed E-state index contributed by atoms with van der Waals surface area (Å²) in [5.74, 6) is 0.182. The van der Waals surface area contributed by atoms with E-state index in [4.69, 9.17) is 18.8 Å². The summed E-state index contributed by atoms with van der Waals surface area (Å²) in [6.07, 6.45) is 0. The van der Waals surface area contributed by atoms with Crippen LogP contribution in [0.1, 0.15) is 0 Å². The lowest BCUT2D eigenvalue weighted by atomic mass is 10.2. The Balaban J connectivity index is 2.05. The quantitative estimate of drug-likeness (QED) is 0.768. The first kappa shape index (κ1) is 15.0. The van der Waals surface area contributed by atoms with Gasteiger partial charge in [0.1, 0.15) is 23.1 Å². The Kier molecular flexibility index (Phi) is 4.87. The molecule has 0 atom stereocenters. The summed E-state index contributed by atoms with van der Waals surface area (Å²) in [5, 5.41) is 0. The zero-order chi connectivity index (χ0) is 15.2. The summed E-state index contributed by atoms with van der Waals surface area (Å²) in [6.45, 7) is 0. The molecule has 0 saturated carbocycles. The molecular formula is C14H13BF2O4. The number of benzene rings is 2. The highest BCUT2D eigenvalue weighted by Gasteiger charge is 2.10. The van der Waals surface area contributed by atoms with Gasteiger partial charge in [-0.05, 0) is 24.3 Å². The van der Waals surface area contributed by atoms with Gasteiger partial charge in [0.25, 0.3) is 0 Å². The minimum absolute atomic E-state index is 0.188. The standard InChI is InChI=1S/C14H13BF2O4/c1-18-11-5-3-9(16)7-13(11)20-15-21-14-8-10(17)4-6-12(14)19-2/h3-8,15H,1-2H3. The van der Waals surface area contributed by atoms with E-state index in [2.05, 4.69) is 0 Å². The van der Waals surface area contributed by atoms with E-state index in [9.17, 15) is 8.78 Å². The van der Waals surface area contributed by atoms with Crippen LogP contribution < -0.4 is 18.8 Å². The van der Waals surface area contributed by atoms with E-state index >= 15 is 0 Å². The Morgan fingerprint density at radius 3 is 1.52 bits per heavy atom. The smallest absolute Gasteiger partial charge is 0.526 e. The van der Waals surface area contributed by atoms with Gasteiger partial charge in [0, 0.05) is 12.1 Å². The van der Waals surface area contributed by atoms with E-state index in [0.29, 0.717) is 11.5 Å². The molecule has 2 aromatic carbocycles. The summed E-state index contributed by atoms with van der Waals surface area (Å²) < 4.78 is 47.0. The Morgan fingerprint density at radius 1 is 0.714 bits per heavy atom. The van der Waals surface area contributed by atoms with Gasteiger partial charge in [-0.3, -0.25) is 0 Å². The summed E-state index contributed by atoms with van der Waals surface area (Å²) in [5.41, 5.74) is 0. The zero-order valence-electron chi connectivity index (χ0n) is 11.6. The second kappa shape index (κ2) is 6.83. The molecule has 0 amide bonds. The first-order chi connectivity index (χ1) is 10.1. The second-order valence-electron chi connectivity index (χ2n) is 4.00. The van der Waals surface area contributed by atoms with Crippen molar-refractivity contribution in [2.75, 3.05) is 14.2 Å². The van der Waals surface area contributed by atoms with E-state index < -0.39 is 11.6 Å². The third-order valence-corrected chi connectivity index (χ3v) is 2.68. The third kappa shape index (κ3) is 3.78. The Labute approximate surface area is 121 Å². The molecule has 0 aliphatic carbocycles. The molecule has 0 aliphatic heterocycles. The second-order valence-corrected chi connectivity index (χ2v) is 4.00. The molecular weight excluding hydrogens is 281 g/mol. The van der Waals surface area contributed by atoms with Crippen LogP contribution in [0.3, 0.4) is 0 Å². The van der Waals surface area contributed by atoms with Crippen LogP contribution in [0.2, 0.25) is 0 Å². The van der Waals surface area contributed by atoms with Crippen LogP contribution in [0, 0.1) is 11.6 Å². The molecule has 21 heavy (non-hydrogen) atoms. The summed E-state index contributed by atoms with van der Waals surface area (Å²) in [7, 11) is 2.63. The van der Waals surface area contributed by atoms with Gasteiger partial charge in [0.15, 0.2) is 11.5 Å². The average Bonchev–Trinajstić information content (AvgIpc) is 2.48. The Bertz CT molecular complexity index is 568. The van der Waals surface area contributed by atoms with Gasteiger partial charge in [-0.15, -0.1) is 0 Å². The van der Waals surface area contributed by atoms with E-state index in [1.807, 2.05) is 0 Å². The number of hydrogen-bond donors (Lipinski definition) is 0. The fourth-order valence-electron chi connectivity index (χ4n) is 1.68. The molecule has 0 saturated heterocycles. The van der Waals surface area contributed by atoms with Crippen LogP contribution >= 0.6 is 0 Å². The molecule has 7 heteroatoms. The predicted octanol–water partition coefficient (Wildman–Crippen LogP) is 2.71. The van der Waals surface area contributed by atoms with Crippen molar-refractivity contribution in [3.8, 4) is 23.0 Å². The molecule has 2 aromatic rings. The molecule has 0 heterocycles. The minimum Gasteiger partial charge on any atom is -0.526 e. The van der Waals surface area contributed by atoms with Crippen LogP contribution in [0.5, 0.6) is 23.0 Å². The Hall–Kier alpha value is -2.44. The first-order valence-corrected chi connectivity index (χ1v) is 6.06. The van der Waals surface area contributed by atoms with Crippen LogP contribution in [-0.4, -0.2) is 21.9 Å². The molecule has 2 rings (SSSR count). The van der Waals surface area contributed by atoms with E-state index in [0.717, 1.165) is 0 Å². The molecule has 0 unspecified atom stereocenters. The maximum atomic E-state index is 13.2. The van der Waals surface area contributed by atoms with E-state index in [1.165, 1.54) is 50.6 Å². The van der Waals surface area contributed by atoms with Gasteiger partial charge in [-0.1, -0.05) is 0 Å². The minimum atomic E-state index is -0.464. The van der Waals surface area contributed by atoms with Crippen molar-refractivity contribution >= 4 is 7.69 Å². The third-order valence-electron chi connectivity index (χ3n) is 2.68. The lowest BCUT2D eigenvalue weighted by Crippen LogP contribution is -2.12. The van der Waals surface area contributed by atoms with Crippen LogP contribution in [-0.2, 0) is 0 Å². The highest BCUT2D eigenvalue weighted by Crippen LogP contribution is 2.29. The Morgan fingerprint density at radius 2 is 1.14 bits per heavy atom. The predicted molar refractivity (Wildman–Crippen MR) is 74.3 cm³/mol. The number of halogens is 2. The number of rotatable bonds is 6. The molecule has 0 fully saturated rings. The summed E-state index contributed by atoms with van der Waals surface area (Å²) in [4.78, 5) is 0. The maximum absolute atomic E-state index is 13.2. The lowest BCUT2D eigenvalue weighted by molar-refractivity contribution is 0.367. The highest BCUT2D eigenvalue weighted by molar-refractivity contribution is 6.21. The molecule has 0 bridgehead atoms. The van der Waals surface area contributed by atoms with Crippen LogP contribution in [0.15, 0.2) is 36.4 Å². The molecule has 0 aromatic heterocycles. The normalized spacial score (nSPS) is 9.90. The van der Waals surface area contributed by atoms with Crippen molar-refractivity contribution in [3.63, 3.8) is 0 Å². The van der Waals surface area contributed by atoms with Crippen LogP contribution in [0.4, 0.5) is 8.78 Å². The average molecular weight is 294 g/mol. The zero-order valence-corrected chi connectivity index (χ0v) is 11.6. The molecule has 110 valence electrons. The van der Waals surface area contributed by atoms with Gasteiger partial charge in [-0.2, -0.15) is 0 Å². The van der Waals surface area contributed by atoms with Crippen molar-refractivity contribution in [3.05, 3.63) is 48.0 Å². The lowest BCUT2D eigenvalue weighted by Gasteiger charge is -2.12. The van der Waals surface area contributed by atoms with E-state index in [-0.39, 0.29) is 19.2 Å². The number of hydrogen-bond acceptors (Lipinski definition) is 4. The monoisotopic (exact) mass is 294 g/mol. The number of ether oxygens (including phenoxy) is 2. The largest absolute Gasteiger partial charge is 0.576 e. The fraction of sp³-hybridized carbons (Fsp3) is 0.143. The van der Waals surface area contributed by atoms with Gasteiger partial charge in [0.05, 0.1) is 14.2 Å². The first-order valence-electron chi connectivity index (χ1n) is 6.06. The fourth-order valence-corrected chi connectivity index (χ4v) is 1.68. The molecule has 0 aliphatic rings. The van der Waals surface area contributed by atoms with E-state index in [1.54, 1.807) is 0 Å². The van der Waals surface area contributed by atoms with Gasteiger partial charge in [-0.25, -0.2) is 8.78 Å². The van der Waals surface area contributed by atoms with Crippen molar-refractivity contribution < 1.29 is 27.6 Å². The van der Waals surface area contributed by atoms with Crippen molar-refractivity contribution in [1.82, 2.24) is 0 Å². The highest BCUT2D eigenvalue weighted by atomic mass is 19.1. The summed E-state index contributed by atoms with van der Waals surface area (Å²) in [6, 6.07) is 7.72. The molecule has 0 radical (unpaired) electrons. The molecule has 0 spiro atoms. The molecule has 0 N–H and O–H groups in total. The SMILES string of the molecule is COc1ccc(F)cc1OBOc1cc(F)ccc1OC. The van der Waals surface area contributed by atoms with Gasteiger partial charge in [0.2, 0.25) is 0 Å².